The van der Waals surface area contributed by atoms with E-state index < -0.39 is 31.2 Å². The fourth-order valence-electron chi connectivity index (χ4n) is 2.01. The first-order valence-corrected chi connectivity index (χ1v) is 4.88. The zero-order valence-electron chi connectivity index (χ0n) is 14.3. The third-order valence-electron chi connectivity index (χ3n) is 2.73. The van der Waals surface area contributed by atoms with Crippen LogP contribution < -0.4 is 0 Å². The predicted molar refractivity (Wildman–Crippen MR) is 57.5 cm³/mol. The molecular weight excluding hydrogens is 192 g/mol. The van der Waals surface area contributed by atoms with Crippen LogP contribution in [0.4, 0.5) is 0 Å². The molecular formula is C12H18O3. The van der Waals surface area contributed by atoms with Gasteiger partial charge in [-0.2, -0.15) is 0 Å². The molecule has 0 aromatic carbocycles. The van der Waals surface area contributed by atoms with Crippen LogP contribution in [-0.4, -0.2) is 16.9 Å². The normalized spacial score (nSPS) is 34.7. The minimum absolute atomic E-state index is 0.00516. The molecule has 2 atom stereocenters. The number of hydrogen-bond acceptors (Lipinski definition) is 2. The Labute approximate surface area is 98.6 Å². The van der Waals surface area contributed by atoms with Gasteiger partial charge in [-0.1, -0.05) is 19.0 Å². The molecule has 1 fully saturated rings. The van der Waals surface area contributed by atoms with Gasteiger partial charge in [0.15, 0.2) is 0 Å². The van der Waals surface area contributed by atoms with Gasteiger partial charge >= 0.3 is 5.97 Å². The summed E-state index contributed by atoms with van der Waals surface area (Å²) in [6.45, 7) is -2.96. The highest BCUT2D eigenvalue weighted by molar-refractivity contribution is 5.84. The summed E-state index contributed by atoms with van der Waals surface area (Å²) < 4.78 is 43.7. The van der Waals surface area contributed by atoms with E-state index in [1.807, 2.05) is 0 Å². The smallest absolute Gasteiger partial charge is 0.303 e. The number of Topliss-reactive ketones (excluding diaryl/α,β-unsaturated/α-hetero) is 1. The molecule has 3 nitrogen and oxygen atoms in total. The minimum atomic E-state index is -2.96. The third-order valence-corrected chi connectivity index (χ3v) is 2.73. The van der Waals surface area contributed by atoms with Gasteiger partial charge in [0, 0.05) is 25.6 Å². The number of ketones is 1. The highest BCUT2D eigenvalue weighted by Crippen LogP contribution is 2.33. The Hall–Kier alpha value is -1.12. The Morgan fingerprint density at radius 2 is 2.67 bits per heavy atom. The van der Waals surface area contributed by atoms with Gasteiger partial charge in [0.2, 0.25) is 0 Å². The van der Waals surface area contributed by atoms with Gasteiger partial charge in [0.25, 0.3) is 0 Å². The quantitative estimate of drug-likeness (QED) is 0.718. The van der Waals surface area contributed by atoms with Gasteiger partial charge in [-0.05, 0) is 25.1 Å². The van der Waals surface area contributed by atoms with Crippen LogP contribution in [-0.2, 0) is 9.59 Å². The number of rotatable bonds is 5. The Bertz CT molecular complexity index is 454. The average molecular weight is 216 g/mol. The monoisotopic (exact) mass is 216 g/mol. The molecule has 0 aromatic rings. The SMILES string of the molecule is [2H]/C(=C\C[C@@H]1C(=O)CC[C@H]1CC(=O)O)C([2H])([2H])C([2H])([2H])[2H]. The van der Waals surface area contributed by atoms with E-state index in [1.54, 1.807) is 0 Å². The molecule has 1 N–H and O–H groups in total. The molecule has 0 aliphatic heterocycles. The molecule has 84 valence electrons. The first kappa shape index (κ1) is 5.83. The second kappa shape index (κ2) is 5.69. The van der Waals surface area contributed by atoms with Crippen molar-refractivity contribution >= 4 is 11.8 Å². The van der Waals surface area contributed by atoms with E-state index in [2.05, 4.69) is 0 Å². The highest BCUT2D eigenvalue weighted by atomic mass is 16.4. The molecule has 0 spiro atoms. The maximum atomic E-state index is 11.7. The highest BCUT2D eigenvalue weighted by Gasteiger charge is 2.34. The van der Waals surface area contributed by atoms with Crippen molar-refractivity contribution < 1.29 is 22.9 Å². The number of aliphatic carboxylic acids is 1. The summed E-state index contributed by atoms with van der Waals surface area (Å²) in [5.74, 6) is -2.03. The fourth-order valence-corrected chi connectivity index (χ4v) is 2.01. The fraction of sp³-hybridized carbons (Fsp3) is 0.667. The molecule has 1 saturated carbocycles. The zero-order chi connectivity index (χ0) is 16.4. The van der Waals surface area contributed by atoms with Crippen molar-refractivity contribution in [3.63, 3.8) is 0 Å². The van der Waals surface area contributed by atoms with E-state index in [1.165, 1.54) is 0 Å². The van der Waals surface area contributed by atoms with Crippen molar-refractivity contribution in [2.75, 3.05) is 0 Å². The summed E-state index contributed by atoms with van der Waals surface area (Å²) in [6, 6.07) is -0.698. The van der Waals surface area contributed by atoms with Gasteiger partial charge in [-0.3, -0.25) is 9.59 Å². The van der Waals surface area contributed by atoms with E-state index in [4.69, 9.17) is 13.3 Å². The van der Waals surface area contributed by atoms with Crippen molar-refractivity contribution in [3.8, 4) is 0 Å². The summed E-state index contributed by atoms with van der Waals surface area (Å²) in [5, 5.41) is 8.79. The van der Waals surface area contributed by atoms with Crippen molar-refractivity contribution in [2.45, 2.75) is 38.9 Å². The molecule has 0 amide bonds. The Kier molecular flexibility index (Phi) is 2.21. The van der Waals surface area contributed by atoms with Gasteiger partial charge in [-0.25, -0.2) is 0 Å². The average Bonchev–Trinajstić information content (AvgIpc) is 2.65. The van der Waals surface area contributed by atoms with Crippen LogP contribution in [0.1, 0.15) is 47.1 Å². The van der Waals surface area contributed by atoms with E-state index >= 15 is 0 Å². The lowest BCUT2D eigenvalue weighted by Gasteiger charge is -2.14. The molecule has 15 heavy (non-hydrogen) atoms. The molecule has 1 aliphatic rings. The molecule has 1 aliphatic carbocycles. The summed E-state index contributed by atoms with van der Waals surface area (Å²) in [5.41, 5.74) is 0. The first-order chi connectivity index (χ1) is 9.46. The molecule has 1 rings (SSSR count). The van der Waals surface area contributed by atoms with Crippen LogP contribution in [0.5, 0.6) is 0 Å². The second-order valence-electron chi connectivity index (χ2n) is 3.68. The molecule has 0 radical (unpaired) electrons. The van der Waals surface area contributed by atoms with Crippen molar-refractivity contribution in [1.29, 1.82) is 0 Å². The largest absolute Gasteiger partial charge is 0.481 e. The lowest BCUT2D eigenvalue weighted by atomic mass is 9.89. The Morgan fingerprint density at radius 1 is 1.87 bits per heavy atom. The van der Waals surface area contributed by atoms with E-state index in [-0.39, 0.29) is 31.0 Å². The summed E-state index contributed by atoms with van der Waals surface area (Å²) in [7, 11) is 0. The van der Waals surface area contributed by atoms with Crippen LogP contribution >= 0.6 is 0 Å². The molecule has 0 unspecified atom stereocenters. The molecule has 0 bridgehead atoms. The standard InChI is InChI=1S/C12H18O3/c1-2-3-4-5-10-9(8-12(14)15)6-7-11(10)13/h3-4,9-10H,2,5-8H2,1H3,(H,14,15)/b4-3+/t9-,10-/m0/s1/i1D3,2D2,3D. The zero-order valence-corrected chi connectivity index (χ0v) is 8.32. The van der Waals surface area contributed by atoms with E-state index in [0.717, 1.165) is 6.08 Å². The first-order valence-electron chi connectivity index (χ1n) is 7.88. The summed E-state index contributed by atoms with van der Waals surface area (Å²) >= 11 is 0. The lowest BCUT2D eigenvalue weighted by Crippen LogP contribution is -2.17. The van der Waals surface area contributed by atoms with Gasteiger partial charge < -0.3 is 5.11 Å². The number of carboxylic acids is 1. The lowest BCUT2D eigenvalue weighted by molar-refractivity contribution is -0.138. The Balaban J connectivity index is 2.82. The Morgan fingerprint density at radius 3 is 3.33 bits per heavy atom. The van der Waals surface area contributed by atoms with E-state index in [9.17, 15) is 9.59 Å². The van der Waals surface area contributed by atoms with Gasteiger partial charge in [0.05, 0.1) is 1.37 Å². The molecule has 0 saturated heterocycles. The number of carboxylic acid groups (broad SMARTS) is 1. The van der Waals surface area contributed by atoms with Gasteiger partial charge in [-0.15, -0.1) is 0 Å². The molecule has 0 heterocycles. The molecule has 0 aromatic heterocycles. The minimum Gasteiger partial charge on any atom is -0.481 e. The number of allylic oxidation sites excluding steroid dienone is 2. The number of hydrogen-bond donors (Lipinski definition) is 1. The number of carbonyl (C=O) groups excluding carboxylic acids is 1. The van der Waals surface area contributed by atoms with Crippen molar-refractivity contribution in [1.82, 2.24) is 0 Å². The predicted octanol–water partition coefficient (Wildman–Crippen LogP) is 2.41. The topological polar surface area (TPSA) is 54.4 Å². The van der Waals surface area contributed by atoms with Crippen LogP contribution in [0, 0.1) is 11.8 Å². The van der Waals surface area contributed by atoms with Crippen LogP contribution in [0.2, 0.25) is 0 Å². The maximum Gasteiger partial charge on any atom is 0.303 e. The van der Waals surface area contributed by atoms with Crippen LogP contribution in [0.25, 0.3) is 0 Å². The number of carbonyl (C=O) groups is 2. The third kappa shape index (κ3) is 3.50. The summed E-state index contributed by atoms with van der Waals surface area (Å²) in [4.78, 5) is 22.5. The van der Waals surface area contributed by atoms with Gasteiger partial charge in [0.1, 0.15) is 5.78 Å². The maximum absolute atomic E-state index is 11.7. The van der Waals surface area contributed by atoms with Crippen LogP contribution in [0.3, 0.4) is 0 Å². The van der Waals surface area contributed by atoms with Crippen LogP contribution in [0.15, 0.2) is 12.1 Å². The molecule has 3 heteroatoms. The van der Waals surface area contributed by atoms with Crippen molar-refractivity contribution in [2.24, 2.45) is 11.8 Å². The summed E-state index contributed by atoms with van der Waals surface area (Å²) in [6.07, 6.45) is -1.10. The van der Waals surface area contributed by atoms with Crippen molar-refractivity contribution in [3.05, 3.63) is 12.1 Å². The van der Waals surface area contributed by atoms with E-state index in [0.29, 0.717) is 6.42 Å². The second-order valence-corrected chi connectivity index (χ2v) is 3.68.